The molecule has 0 saturated heterocycles. The van der Waals surface area contributed by atoms with Crippen molar-refractivity contribution in [2.75, 3.05) is 0 Å². The van der Waals surface area contributed by atoms with Crippen LogP contribution in [0.1, 0.15) is 81.8 Å². The molecule has 0 bridgehead atoms. The molecule has 3 rings (SSSR count). The second-order valence-electron chi connectivity index (χ2n) is 6.56. The van der Waals surface area contributed by atoms with Crippen molar-refractivity contribution in [3.63, 3.8) is 0 Å². The molecule has 0 unspecified atom stereocenters. The Balaban J connectivity index is 1.63. The molecule has 4 nitrogen and oxygen atoms in total. The fourth-order valence-electron chi connectivity index (χ4n) is 3.46. The minimum atomic E-state index is 0.374. The molecule has 0 spiro atoms. The van der Waals surface area contributed by atoms with E-state index in [1.54, 1.807) is 0 Å². The first kappa shape index (κ1) is 13.1. The molecule has 2 saturated carbocycles. The summed E-state index contributed by atoms with van der Waals surface area (Å²) in [6.45, 7) is 2.34. The third-order valence-corrected chi connectivity index (χ3v) is 4.96. The van der Waals surface area contributed by atoms with Crippen molar-refractivity contribution < 1.29 is 4.52 Å². The lowest BCUT2D eigenvalue weighted by Gasteiger charge is -2.24. The summed E-state index contributed by atoms with van der Waals surface area (Å²) in [7, 11) is 0. The van der Waals surface area contributed by atoms with E-state index in [1.165, 1.54) is 25.7 Å². The quantitative estimate of drug-likeness (QED) is 0.888. The summed E-state index contributed by atoms with van der Waals surface area (Å²) in [6, 6.07) is 0.374. The lowest BCUT2D eigenvalue weighted by atomic mass is 9.82. The average molecular weight is 263 g/mol. The van der Waals surface area contributed by atoms with Gasteiger partial charge >= 0.3 is 0 Å². The Bertz CT molecular complexity index is 365. The Kier molecular flexibility index (Phi) is 3.87. The first-order valence-electron chi connectivity index (χ1n) is 7.81. The van der Waals surface area contributed by atoms with Gasteiger partial charge in [-0.15, -0.1) is 0 Å². The van der Waals surface area contributed by atoms with E-state index in [0.29, 0.717) is 17.9 Å². The molecule has 0 amide bonds. The summed E-state index contributed by atoms with van der Waals surface area (Å²) in [4.78, 5) is 4.69. The number of nitrogens with two attached hydrogens (primary N) is 1. The standard InChI is InChI=1S/C15H25N3O/c1-10-2-4-11(5-3-10)14-17-15(19-18-14)12-6-8-13(16)9-7-12/h10-13H,2-9,16H2,1H3. The van der Waals surface area contributed by atoms with Crippen LogP contribution in [0.4, 0.5) is 0 Å². The molecular weight excluding hydrogens is 238 g/mol. The molecule has 1 aromatic heterocycles. The summed E-state index contributed by atoms with van der Waals surface area (Å²) < 4.78 is 5.52. The van der Waals surface area contributed by atoms with Gasteiger partial charge in [0.25, 0.3) is 0 Å². The van der Waals surface area contributed by atoms with E-state index in [2.05, 4.69) is 17.1 Å². The van der Waals surface area contributed by atoms with Gasteiger partial charge in [-0.2, -0.15) is 4.98 Å². The van der Waals surface area contributed by atoms with E-state index < -0.39 is 0 Å². The molecule has 106 valence electrons. The van der Waals surface area contributed by atoms with Crippen molar-refractivity contribution in [3.8, 4) is 0 Å². The Labute approximate surface area is 115 Å². The fraction of sp³-hybridized carbons (Fsp3) is 0.867. The average Bonchev–Trinajstić information content (AvgIpc) is 2.90. The molecular formula is C15H25N3O. The topological polar surface area (TPSA) is 64.9 Å². The first-order valence-corrected chi connectivity index (χ1v) is 7.81. The highest BCUT2D eigenvalue weighted by molar-refractivity contribution is 5.02. The zero-order valence-corrected chi connectivity index (χ0v) is 11.8. The van der Waals surface area contributed by atoms with Gasteiger partial charge in [-0.3, -0.25) is 0 Å². The van der Waals surface area contributed by atoms with Crippen LogP contribution < -0.4 is 5.73 Å². The highest BCUT2D eigenvalue weighted by Gasteiger charge is 2.28. The Morgan fingerprint density at radius 3 is 2.26 bits per heavy atom. The van der Waals surface area contributed by atoms with Gasteiger partial charge in [0.05, 0.1) is 0 Å². The maximum Gasteiger partial charge on any atom is 0.229 e. The lowest BCUT2D eigenvalue weighted by molar-refractivity contribution is 0.294. The molecule has 0 aromatic carbocycles. The molecule has 2 N–H and O–H groups in total. The summed E-state index contributed by atoms with van der Waals surface area (Å²) in [6.07, 6.45) is 9.41. The maximum atomic E-state index is 5.94. The van der Waals surface area contributed by atoms with Gasteiger partial charge in [0.1, 0.15) is 0 Å². The smallest absolute Gasteiger partial charge is 0.229 e. The van der Waals surface area contributed by atoms with Crippen molar-refractivity contribution >= 4 is 0 Å². The van der Waals surface area contributed by atoms with Crippen LogP contribution in [0, 0.1) is 5.92 Å². The Morgan fingerprint density at radius 2 is 1.58 bits per heavy atom. The van der Waals surface area contributed by atoms with Crippen LogP contribution in [0.3, 0.4) is 0 Å². The van der Waals surface area contributed by atoms with Crippen LogP contribution >= 0.6 is 0 Å². The van der Waals surface area contributed by atoms with Crippen molar-refractivity contribution in [2.24, 2.45) is 11.7 Å². The van der Waals surface area contributed by atoms with Crippen LogP contribution in [0.25, 0.3) is 0 Å². The van der Waals surface area contributed by atoms with Crippen LogP contribution in [0.2, 0.25) is 0 Å². The minimum Gasteiger partial charge on any atom is -0.339 e. The highest BCUT2D eigenvalue weighted by Crippen LogP contribution is 2.36. The van der Waals surface area contributed by atoms with E-state index in [-0.39, 0.29) is 0 Å². The number of hydrogen-bond acceptors (Lipinski definition) is 4. The maximum absolute atomic E-state index is 5.94. The van der Waals surface area contributed by atoms with Crippen LogP contribution in [-0.2, 0) is 0 Å². The summed E-state index contributed by atoms with van der Waals surface area (Å²) in [5.74, 6) is 3.66. The van der Waals surface area contributed by atoms with Gasteiger partial charge in [-0.05, 0) is 44.4 Å². The van der Waals surface area contributed by atoms with E-state index >= 15 is 0 Å². The number of rotatable bonds is 2. The second kappa shape index (κ2) is 5.61. The molecule has 2 fully saturated rings. The van der Waals surface area contributed by atoms with Gasteiger partial charge in [0, 0.05) is 17.9 Å². The minimum absolute atomic E-state index is 0.374. The van der Waals surface area contributed by atoms with Crippen LogP contribution in [0.15, 0.2) is 4.52 Å². The SMILES string of the molecule is CC1CCC(c2noc(C3CCC(N)CC3)n2)CC1. The largest absolute Gasteiger partial charge is 0.339 e. The van der Waals surface area contributed by atoms with Gasteiger partial charge in [-0.25, -0.2) is 0 Å². The Morgan fingerprint density at radius 1 is 0.947 bits per heavy atom. The monoisotopic (exact) mass is 263 g/mol. The predicted octanol–water partition coefficient (Wildman–Crippen LogP) is 3.35. The van der Waals surface area contributed by atoms with Gasteiger partial charge in [-0.1, -0.05) is 24.9 Å². The molecule has 0 atom stereocenters. The molecule has 4 heteroatoms. The number of hydrogen-bond donors (Lipinski definition) is 1. The molecule has 1 heterocycles. The lowest BCUT2D eigenvalue weighted by Crippen LogP contribution is -2.25. The van der Waals surface area contributed by atoms with Crippen molar-refractivity contribution in [2.45, 2.75) is 76.2 Å². The summed E-state index contributed by atoms with van der Waals surface area (Å²) in [5.41, 5.74) is 5.94. The fourth-order valence-corrected chi connectivity index (χ4v) is 3.46. The summed E-state index contributed by atoms with van der Waals surface area (Å²) >= 11 is 0. The zero-order chi connectivity index (χ0) is 13.2. The molecule has 2 aliphatic rings. The highest BCUT2D eigenvalue weighted by atomic mass is 16.5. The number of nitrogens with zero attached hydrogens (tertiary/aromatic N) is 2. The molecule has 1 aromatic rings. The molecule has 2 aliphatic carbocycles. The van der Waals surface area contributed by atoms with Crippen molar-refractivity contribution in [1.82, 2.24) is 10.1 Å². The van der Waals surface area contributed by atoms with Crippen molar-refractivity contribution in [1.29, 1.82) is 0 Å². The van der Waals surface area contributed by atoms with Crippen molar-refractivity contribution in [3.05, 3.63) is 11.7 Å². The van der Waals surface area contributed by atoms with E-state index in [1.807, 2.05) is 0 Å². The third kappa shape index (κ3) is 2.99. The zero-order valence-electron chi connectivity index (χ0n) is 11.8. The number of aromatic nitrogens is 2. The summed E-state index contributed by atoms with van der Waals surface area (Å²) in [5, 5.41) is 4.24. The normalized spacial score (nSPS) is 36.3. The van der Waals surface area contributed by atoms with E-state index in [4.69, 9.17) is 10.3 Å². The van der Waals surface area contributed by atoms with E-state index in [0.717, 1.165) is 43.3 Å². The van der Waals surface area contributed by atoms with E-state index in [9.17, 15) is 0 Å². The molecule has 19 heavy (non-hydrogen) atoms. The van der Waals surface area contributed by atoms with Gasteiger partial charge in [0.15, 0.2) is 5.82 Å². The molecule has 0 aliphatic heterocycles. The third-order valence-electron chi connectivity index (χ3n) is 4.96. The Hall–Kier alpha value is -0.900. The van der Waals surface area contributed by atoms with Gasteiger partial charge in [0.2, 0.25) is 5.89 Å². The second-order valence-corrected chi connectivity index (χ2v) is 6.56. The van der Waals surface area contributed by atoms with Crippen LogP contribution in [-0.4, -0.2) is 16.2 Å². The predicted molar refractivity (Wildman–Crippen MR) is 73.9 cm³/mol. The first-order chi connectivity index (χ1) is 9.22. The van der Waals surface area contributed by atoms with Crippen LogP contribution in [0.5, 0.6) is 0 Å². The van der Waals surface area contributed by atoms with Gasteiger partial charge < -0.3 is 10.3 Å². The molecule has 0 radical (unpaired) electrons.